The first kappa shape index (κ1) is 19.4. The Labute approximate surface area is 184 Å². The van der Waals surface area contributed by atoms with Crippen LogP contribution < -0.4 is 5.32 Å². The van der Waals surface area contributed by atoms with E-state index >= 15 is 0 Å². The first-order chi connectivity index (χ1) is 15.2. The van der Waals surface area contributed by atoms with Crippen molar-refractivity contribution >= 4 is 38.8 Å². The average molecular weight is 428 g/mol. The van der Waals surface area contributed by atoms with Gasteiger partial charge in [-0.1, -0.05) is 35.1 Å². The van der Waals surface area contributed by atoms with Crippen LogP contribution in [0.2, 0.25) is 0 Å². The summed E-state index contributed by atoms with van der Waals surface area (Å²) in [6.45, 7) is 1.39. The third kappa shape index (κ3) is 4.46. The van der Waals surface area contributed by atoms with Crippen molar-refractivity contribution in [3.05, 3.63) is 78.4 Å². The van der Waals surface area contributed by atoms with E-state index in [1.54, 1.807) is 12.4 Å². The number of benzene rings is 1. The zero-order valence-electron chi connectivity index (χ0n) is 16.9. The molecule has 1 aliphatic heterocycles. The Kier molecular flexibility index (Phi) is 5.41. The molecule has 3 aromatic heterocycles. The molecule has 5 rings (SSSR count). The molecular weight excluding hydrogens is 406 g/mol. The highest BCUT2D eigenvalue weighted by atomic mass is 32.1. The molecule has 0 aliphatic carbocycles. The summed E-state index contributed by atoms with van der Waals surface area (Å²) in [5, 5.41) is 3.60. The second-order valence-electron chi connectivity index (χ2n) is 7.42. The molecule has 1 saturated heterocycles. The predicted octanol–water partition coefficient (Wildman–Crippen LogP) is 5.46. The number of anilines is 1. The van der Waals surface area contributed by atoms with Gasteiger partial charge in [0.1, 0.15) is 0 Å². The lowest BCUT2D eigenvalue weighted by molar-refractivity contribution is 0.208. The molecule has 31 heavy (non-hydrogen) atoms. The van der Waals surface area contributed by atoms with Crippen molar-refractivity contribution < 1.29 is 4.79 Å². The summed E-state index contributed by atoms with van der Waals surface area (Å²) in [6, 6.07) is 15.9. The van der Waals surface area contributed by atoms with Crippen molar-refractivity contribution in [1.29, 1.82) is 0 Å². The minimum Gasteiger partial charge on any atom is -0.324 e. The minimum atomic E-state index is -0.0941. The minimum absolute atomic E-state index is 0.0941. The van der Waals surface area contributed by atoms with Gasteiger partial charge in [-0.2, -0.15) is 0 Å². The number of hydrogen-bond acceptors (Lipinski definition) is 5. The molecule has 4 heterocycles. The largest absolute Gasteiger partial charge is 0.324 e. The van der Waals surface area contributed by atoms with Crippen LogP contribution in [0.1, 0.15) is 18.5 Å². The first-order valence-electron chi connectivity index (χ1n) is 10.2. The fourth-order valence-corrected chi connectivity index (χ4v) is 4.57. The zero-order chi connectivity index (χ0) is 21.0. The Morgan fingerprint density at radius 1 is 1.03 bits per heavy atom. The third-order valence-electron chi connectivity index (χ3n) is 5.33. The van der Waals surface area contributed by atoms with E-state index in [0.29, 0.717) is 18.2 Å². The van der Waals surface area contributed by atoms with Crippen LogP contribution in [-0.4, -0.2) is 39.0 Å². The van der Waals surface area contributed by atoms with Crippen LogP contribution in [-0.2, 0) is 0 Å². The molecule has 4 aromatic rings. The van der Waals surface area contributed by atoms with Gasteiger partial charge >= 0.3 is 6.03 Å². The number of nitrogens with one attached hydrogen (secondary N) is 1. The van der Waals surface area contributed by atoms with Crippen molar-refractivity contribution in [3.8, 4) is 11.1 Å². The summed E-state index contributed by atoms with van der Waals surface area (Å²) in [4.78, 5) is 27.7. The van der Waals surface area contributed by atoms with Gasteiger partial charge in [0.25, 0.3) is 0 Å². The van der Waals surface area contributed by atoms with Gasteiger partial charge in [-0.05, 0) is 54.8 Å². The van der Waals surface area contributed by atoms with Crippen molar-refractivity contribution in [2.45, 2.75) is 12.8 Å². The number of likely N-dealkylation sites (tertiary alicyclic amines) is 1. The van der Waals surface area contributed by atoms with E-state index in [4.69, 9.17) is 0 Å². The van der Waals surface area contributed by atoms with Crippen molar-refractivity contribution in [2.24, 2.45) is 0 Å². The lowest BCUT2D eigenvalue weighted by Crippen LogP contribution is -2.39. The Morgan fingerprint density at radius 2 is 1.94 bits per heavy atom. The normalized spacial score (nSPS) is 13.9. The molecule has 6 nitrogen and oxygen atoms in total. The quantitative estimate of drug-likeness (QED) is 0.471. The monoisotopic (exact) mass is 427 g/mol. The van der Waals surface area contributed by atoms with Gasteiger partial charge in [0, 0.05) is 37.2 Å². The molecule has 0 radical (unpaired) electrons. The molecule has 1 fully saturated rings. The number of aromatic nitrogens is 3. The highest BCUT2D eigenvalue weighted by molar-refractivity contribution is 7.22. The number of amides is 2. The highest BCUT2D eigenvalue weighted by Crippen LogP contribution is 2.30. The average Bonchev–Trinajstić information content (AvgIpc) is 3.22. The van der Waals surface area contributed by atoms with Gasteiger partial charge in [-0.3, -0.25) is 15.3 Å². The third-order valence-corrected chi connectivity index (χ3v) is 6.26. The fraction of sp³-hybridized carbons (Fsp3) is 0.167. The number of hydrogen-bond donors (Lipinski definition) is 1. The number of urea groups is 1. The SMILES string of the molecule is O=C(Nc1nc2ccc(-c3cccnc3)cc2s1)N1CCC(=Cc2ccccn2)CC1. The maximum Gasteiger partial charge on any atom is 0.323 e. The standard InChI is InChI=1S/C24H21N5OS/c30-24(29-12-8-17(9-13-29)14-20-5-1-2-11-26-20)28-23-27-21-7-6-18(15-22(21)31-23)19-4-3-10-25-16-19/h1-7,10-11,14-16H,8-9,12-13H2,(H,27,28,30). The summed E-state index contributed by atoms with van der Waals surface area (Å²) in [7, 11) is 0. The molecule has 0 bridgehead atoms. The summed E-state index contributed by atoms with van der Waals surface area (Å²) < 4.78 is 1.04. The topological polar surface area (TPSA) is 71.0 Å². The van der Waals surface area contributed by atoms with Crippen LogP contribution in [0.15, 0.2) is 72.7 Å². The Balaban J connectivity index is 1.24. The number of piperidine rings is 1. The molecule has 154 valence electrons. The molecule has 2 amide bonds. The van der Waals surface area contributed by atoms with Gasteiger partial charge in [0.15, 0.2) is 5.13 Å². The van der Waals surface area contributed by atoms with Crippen molar-refractivity contribution in [1.82, 2.24) is 19.9 Å². The smallest absolute Gasteiger partial charge is 0.323 e. The number of thiazole rings is 1. The number of carbonyl (C=O) groups is 1. The van der Waals surface area contributed by atoms with Crippen LogP contribution >= 0.6 is 11.3 Å². The van der Waals surface area contributed by atoms with Crippen LogP contribution in [0.3, 0.4) is 0 Å². The lowest BCUT2D eigenvalue weighted by atomic mass is 10.0. The molecule has 1 aromatic carbocycles. The fourth-order valence-electron chi connectivity index (χ4n) is 3.67. The van der Waals surface area contributed by atoms with E-state index in [-0.39, 0.29) is 6.03 Å². The maximum absolute atomic E-state index is 12.7. The number of nitrogens with zero attached hydrogens (tertiary/aromatic N) is 4. The molecule has 0 atom stereocenters. The van der Waals surface area contributed by atoms with Gasteiger partial charge in [-0.25, -0.2) is 9.78 Å². The first-order valence-corrected chi connectivity index (χ1v) is 11.0. The van der Waals surface area contributed by atoms with Crippen LogP contribution in [0.25, 0.3) is 27.4 Å². The second-order valence-corrected chi connectivity index (χ2v) is 8.45. The molecule has 7 heteroatoms. The molecule has 0 saturated carbocycles. The van der Waals surface area contributed by atoms with Gasteiger partial charge < -0.3 is 4.90 Å². The van der Waals surface area contributed by atoms with E-state index in [9.17, 15) is 4.79 Å². The number of carbonyl (C=O) groups excluding carboxylic acids is 1. The van der Waals surface area contributed by atoms with Gasteiger partial charge in [0.05, 0.1) is 15.9 Å². The van der Waals surface area contributed by atoms with Gasteiger partial charge in [0.2, 0.25) is 0 Å². The second kappa shape index (κ2) is 8.65. The summed E-state index contributed by atoms with van der Waals surface area (Å²) in [6.07, 6.45) is 9.25. The molecule has 1 aliphatic rings. The summed E-state index contributed by atoms with van der Waals surface area (Å²) in [5.41, 5.74) is 5.32. The van der Waals surface area contributed by atoms with Crippen LogP contribution in [0.5, 0.6) is 0 Å². The zero-order valence-corrected chi connectivity index (χ0v) is 17.7. The van der Waals surface area contributed by atoms with Crippen LogP contribution in [0.4, 0.5) is 9.93 Å². The summed E-state index contributed by atoms with van der Waals surface area (Å²) in [5.74, 6) is 0. The highest BCUT2D eigenvalue weighted by Gasteiger charge is 2.20. The molecular formula is C24H21N5OS. The predicted molar refractivity (Wildman–Crippen MR) is 125 cm³/mol. The number of rotatable bonds is 3. The Hall–Kier alpha value is -3.58. The Bertz CT molecular complexity index is 1230. The van der Waals surface area contributed by atoms with Crippen molar-refractivity contribution in [2.75, 3.05) is 18.4 Å². The molecule has 0 unspecified atom stereocenters. The maximum atomic E-state index is 12.7. The number of pyridine rings is 2. The van der Waals surface area contributed by atoms with Gasteiger partial charge in [-0.15, -0.1) is 0 Å². The summed E-state index contributed by atoms with van der Waals surface area (Å²) >= 11 is 1.49. The molecule has 1 N–H and O–H groups in total. The van der Waals surface area contributed by atoms with Crippen LogP contribution in [0, 0.1) is 0 Å². The van der Waals surface area contributed by atoms with E-state index in [0.717, 1.165) is 39.9 Å². The lowest BCUT2D eigenvalue weighted by Gasteiger charge is -2.28. The van der Waals surface area contributed by atoms with E-state index in [1.807, 2.05) is 53.6 Å². The number of fused-ring (bicyclic) bond motifs is 1. The van der Waals surface area contributed by atoms with E-state index < -0.39 is 0 Å². The Morgan fingerprint density at radius 3 is 2.71 bits per heavy atom. The molecule has 0 spiro atoms. The van der Waals surface area contributed by atoms with Crippen molar-refractivity contribution in [3.63, 3.8) is 0 Å². The van der Waals surface area contributed by atoms with E-state index in [2.05, 4.69) is 32.4 Å². The van der Waals surface area contributed by atoms with E-state index in [1.165, 1.54) is 16.9 Å².